The smallest absolute Gasteiger partial charge is 0.220 e. The van der Waals surface area contributed by atoms with Crippen molar-refractivity contribution >= 4 is 23.2 Å². The molecular formula is C18H19ClN2O2. The van der Waals surface area contributed by atoms with Crippen molar-refractivity contribution in [3.8, 4) is 5.75 Å². The number of hydrogen-bond acceptors (Lipinski definition) is 3. The van der Waals surface area contributed by atoms with Gasteiger partial charge in [-0.1, -0.05) is 23.7 Å². The minimum atomic E-state index is 0.0909. The van der Waals surface area contributed by atoms with Gasteiger partial charge in [0.2, 0.25) is 5.91 Å². The summed E-state index contributed by atoms with van der Waals surface area (Å²) in [4.78, 5) is 11.5. The molecule has 1 amide bonds. The van der Waals surface area contributed by atoms with Crippen LogP contribution in [-0.2, 0) is 11.3 Å². The number of nitrogens with one attached hydrogen (secondary N) is 2. The highest BCUT2D eigenvalue weighted by Gasteiger charge is 2.19. The van der Waals surface area contributed by atoms with Gasteiger partial charge in [-0.2, -0.15) is 0 Å². The first-order valence-electron chi connectivity index (χ1n) is 7.72. The van der Waals surface area contributed by atoms with Crippen LogP contribution in [0.4, 0.5) is 5.69 Å². The fourth-order valence-electron chi connectivity index (χ4n) is 2.86. The predicted octanol–water partition coefficient (Wildman–Crippen LogP) is 4.00. The Morgan fingerprint density at radius 2 is 2.13 bits per heavy atom. The summed E-state index contributed by atoms with van der Waals surface area (Å²) in [5.74, 6) is 0.280. The monoisotopic (exact) mass is 330 g/mol. The van der Waals surface area contributed by atoms with E-state index >= 15 is 0 Å². The third-order valence-corrected chi connectivity index (χ3v) is 4.18. The van der Waals surface area contributed by atoms with E-state index in [9.17, 15) is 9.90 Å². The van der Waals surface area contributed by atoms with Crippen LogP contribution in [0, 0.1) is 0 Å². The molecule has 1 atom stereocenters. The number of carbonyl (C=O) groups is 1. The predicted molar refractivity (Wildman–Crippen MR) is 91.6 cm³/mol. The largest absolute Gasteiger partial charge is 0.508 e. The van der Waals surface area contributed by atoms with E-state index in [-0.39, 0.29) is 17.7 Å². The summed E-state index contributed by atoms with van der Waals surface area (Å²) >= 11 is 5.94. The molecular weight excluding hydrogens is 312 g/mol. The maximum atomic E-state index is 11.5. The van der Waals surface area contributed by atoms with E-state index < -0.39 is 0 Å². The molecule has 2 aromatic carbocycles. The normalized spacial score (nSPS) is 17.6. The van der Waals surface area contributed by atoms with Crippen LogP contribution in [-0.4, -0.2) is 11.0 Å². The van der Waals surface area contributed by atoms with E-state index in [1.807, 2.05) is 24.3 Å². The van der Waals surface area contributed by atoms with Crippen molar-refractivity contribution in [1.29, 1.82) is 0 Å². The Labute approximate surface area is 140 Å². The summed E-state index contributed by atoms with van der Waals surface area (Å²) in [6.07, 6.45) is 2.51. The first-order chi connectivity index (χ1) is 11.1. The van der Waals surface area contributed by atoms with E-state index in [0.29, 0.717) is 18.0 Å². The quantitative estimate of drug-likeness (QED) is 0.794. The number of carbonyl (C=O) groups excluding carboxylic acids is 1. The van der Waals surface area contributed by atoms with Gasteiger partial charge in [0, 0.05) is 23.7 Å². The fraction of sp³-hybridized carbons (Fsp3) is 0.278. The average Bonchev–Trinajstić information content (AvgIpc) is 2.52. The molecule has 2 aromatic rings. The van der Waals surface area contributed by atoms with Crippen LogP contribution < -0.4 is 10.6 Å². The van der Waals surface area contributed by atoms with Crippen molar-refractivity contribution in [3.63, 3.8) is 0 Å². The Morgan fingerprint density at radius 1 is 1.26 bits per heavy atom. The summed E-state index contributed by atoms with van der Waals surface area (Å²) in [5.41, 5.74) is 2.99. The number of piperidine rings is 1. The SMILES string of the molecule is O=C1CCCC(c2cccc(NCc3cc(O)cc(Cl)c3)c2)N1. The third kappa shape index (κ3) is 4.17. The molecule has 1 saturated heterocycles. The molecule has 5 heteroatoms. The van der Waals surface area contributed by atoms with E-state index in [1.165, 1.54) is 6.07 Å². The van der Waals surface area contributed by atoms with Gasteiger partial charge in [0.15, 0.2) is 0 Å². The van der Waals surface area contributed by atoms with E-state index in [1.54, 1.807) is 6.07 Å². The van der Waals surface area contributed by atoms with Crippen molar-refractivity contribution in [1.82, 2.24) is 5.32 Å². The van der Waals surface area contributed by atoms with Crippen molar-refractivity contribution in [2.45, 2.75) is 31.8 Å². The Kier molecular flexibility index (Phi) is 4.72. The summed E-state index contributed by atoms with van der Waals surface area (Å²) in [7, 11) is 0. The van der Waals surface area contributed by atoms with Gasteiger partial charge in [-0.05, 0) is 54.3 Å². The number of amides is 1. The third-order valence-electron chi connectivity index (χ3n) is 3.96. The number of benzene rings is 2. The van der Waals surface area contributed by atoms with Crippen LogP contribution in [0.2, 0.25) is 5.02 Å². The lowest BCUT2D eigenvalue weighted by molar-refractivity contribution is -0.123. The zero-order valence-electron chi connectivity index (χ0n) is 12.7. The summed E-state index contributed by atoms with van der Waals surface area (Å²) < 4.78 is 0. The maximum absolute atomic E-state index is 11.5. The Morgan fingerprint density at radius 3 is 2.91 bits per heavy atom. The lowest BCUT2D eigenvalue weighted by Gasteiger charge is -2.24. The lowest BCUT2D eigenvalue weighted by Crippen LogP contribution is -2.32. The Bertz CT molecular complexity index is 698. The van der Waals surface area contributed by atoms with Gasteiger partial charge in [-0.25, -0.2) is 0 Å². The standard InChI is InChI=1S/C18H19ClN2O2/c19-14-7-12(8-16(22)10-14)11-20-15-4-1-3-13(9-15)17-5-2-6-18(23)21-17/h1,3-4,7-10,17,20,22H,2,5-6,11H2,(H,21,23). The molecule has 23 heavy (non-hydrogen) atoms. The number of phenolic OH excluding ortho intramolecular Hbond substituents is 1. The Balaban J connectivity index is 1.68. The molecule has 1 aliphatic rings. The van der Waals surface area contributed by atoms with Crippen molar-refractivity contribution < 1.29 is 9.90 Å². The van der Waals surface area contributed by atoms with Crippen molar-refractivity contribution in [2.24, 2.45) is 0 Å². The summed E-state index contributed by atoms with van der Waals surface area (Å²) in [6, 6.07) is 13.2. The molecule has 3 N–H and O–H groups in total. The zero-order chi connectivity index (χ0) is 16.2. The molecule has 0 bridgehead atoms. The van der Waals surface area contributed by atoms with Gasteiger partial charge in [-0.15, -0.1) is 0 Å². The highest BCUT2D eigenvalue weighted by molar-refractivity contribution is 6.30. The molecule has 0 aromatic heterocycles. The summed E-state index contributed by atoms with van der Waals surface area (Å²) in [5, 5.41) is 16.4. The van der Waals surface area contributed by atoms with Crippen molar-refractivity contribution in [3.05, 3.63) is 58.6 Å². The second-order valence-electron chi connectivity index (χ2n) is 5.81. The molecule has 0 saturated carbocycles. The molecule has 0 spiro atoms. The first-order valence-corrected chi connectivity index (χ1v) is 8.09. The molecule has 1 heterocycles. The van der Waals surface area contributed by atoms with Crippen LogP contribution in [0.3, 0.4) is 0 Å². The van der Waals surface area contributed by atoms with Crippen LogP contribution in [0.15, 0.2) is 42.5 Å². The Hall–Kier alpha value is -2.20. The first kappa shape index (κ1) is 15.7. The number of halogens is 1. The molecule has 3 rings (SSSR count). The second-order valence-corrected chi connectivity index (χ2v) is 6.25. The van der Waals surface area contributed by atoms with E-state index in [2.05, 4.69) is 16.7 Å². The van der Waals surface area contributed by atoms with Crippen LogP contribution in [0.25, 0.3) is 0 Å². The molecule has 0 radical (unpaired) electrons. The molecule has 1 unspecified atom stereocenters. The van der Waals surface area contributed by atoms with Gasteiger partial charge < -0.3 is 15.7 Å². The van der Waals surface area contributed by atoms with E-state index in [4.69, 9.17) is 11.6 Å². The molecule has 120 valence electrons. The minimum Gasteiger partial charge on any atom is -0.508 e. The maximum Gasteiger partial charge on any atom is 0.220 e. The number of aromatic hydroxyl groups is 1. The van der Waals surface area contributed by atoms with E-state index in [0.717, 1.165) is 29.7 Å². The topological polar surface area (TPSA) is 61.4 Å². The fourth-order valence-corrected chi connectivity index (χ4v) is 3.11. The molecule has 1 aliphatic heterocycles. The summed E-state index contributed by atoms with van der Waals surface area (Å²) in [6.45, 7) is 0.564. The van der Waals surface area contributed by atoms with Crippen LogP contribution >= 0.6 is 11.6 Å². The molecule has 4 nitrogen and oxygen atoms in total. The van der Waals surface area contributed by atoms with Crippen molar-refractivity contribution in [2.75, 3.05) is 5.32 Å². The molecule has 0 aliphatic carbocycles. The highest BCUT2D eigenvalue weighted by atomic mass is 35.5. The lowest BCUT2D eigenvalue weighted by atomic mass is 9.97. The van der Waals surface area contributed by atoms with Gasteiger partial charge in [0.1, 0.15) is 5.75 Å². The zero-order valence-corrected chi connectivity index (χ0v) is 13.4. The van der Waals surface area contributed by atoms with Gasteiger partial charge in [0.25, 0.3) is 0 Å². The minimum absolute atomic E-state index is 0.0909. The second kappa shape index (κ2) is 6.92. The van der Waals surface area contributed by atoms with Gasteiger partial charge in [0.05, 0.1) is 6.04 Å². The van der Waals surface area contributed by atoms with Gasteiger partial charge in [-0.3, -0.25) is 4.79 Å². The van der Waals surface area contributed by atoms with Crippen LogP contribution in [0.1, 0.15) is 36.4 Å². The average molecular weight is 331 g/mol. The number of hydrogen-bond donors (Lipinski definition) is 3. The highest BCUT2D eigenvalue weighted by Crippen LogP contribution is 2.26. The van der Waals surface area contributed by atoms with Gasteiger partial charge >= 0.3 is 0 Å². The number of anilines is 1. The number of rotatable bonds is 4. The number of phenols is 1. The van der Waals surface area contributed by atoms with Crippen LogP contribution in [0.5, 0.6) is 5.75 Å². The molecule has 1 fully saturated rings.